The van der Waals surface area contributed by atoms with Gasteiger partial charge in [0.1, 0.15) is 0 Å². The summed E-state index contributed by atoms with van der Waals surface area (Å²) in [7, 11) is 0. The first kappa shape index (κ1) is 15.2. The van der Waals surface area contributed by atoms with Gasteiger partial charge in [-0.15, -0.1) is 0 Å². The number of hydrogen-bond acceptors (Lipinski definition) is 3. The van der Waals surface area contributed by atoms with Crippen LogP contribution in [0.15, 0.2) is 24.3 Å². The maximum atomic E-state index is 12.3. The van der Waals surface area contributed by atoms with Crippen molar-refractivity contribution >= 4 is 11.9 Å². The summed E-state index contributed by atoms with van der Waals surface area (Å²) in [6.45, 7) is 3.82. The van der Waals surface area contributed by atoms with E-state index in [1.54, 1.807) is 24.3 Å². The fourth-order valence-electron chi connectivity index (χ4n) is 1.73. The second-order valence-corrected chi connectivity index (χ2v) is 4.59. The SMILES string of the molecule is CC(C)N(CCC(=O)O)C(=O)c1ccc(CO)cc1. The molecule has 0 fully saturated rings. The molecule has 0 aliphatic heterocycles. The Hall–Kier alpha value is -1.88. The molecule has 0 atom stereocenters. The molecule has 0 unspecified atom stereocenters. The molecule has 0 radical (unpaired) electrons. The van der Waals surface area contributed by atoms with Crippen molar-refractivity contribution in [2.45, 2.75) is 32.9 Å². The molecule has 0 spiro atoms. The predicted molar refractivity (Wildman–Crippen MR) is 70.8 cm³/mol. The summed E-state index contributed by atoms with van der Waals surface area (Å²) in [6.07, 6.45) is -0.0708. The fourth-order valence-corrected chi connectivity index (χ4v) is 1.73. The second-order valence-electron chi connectivity index (χ2n) is 4.59. The van der Waals surface area contributed by atoms with Crippen LogP contribution >= 0.6 is 0 Å². The Morgan fingerprint density at radius 1 is 1.21 bits per heavy atom. The van der Waals surface area contributed by atoms with Crippen LogP contribution in [-0.4, -0.2) is 39.6 Å². The Kier molecular flexibility index (Phi) is 5.51. The van der Waals surface area contributed by atoms with E-state index in [4.69, 9.17) is 10.2 Å². The first-order valence-corrected chi connectivity index (χ1v) is 6.18. The minimum atomic E-state index is -0.922. The van der Waals surface area contributed by atoms with Gasteiger partial charge in [-0.2, -0.15) is 0 Å². The van der Waals surface area contributed by atoms with Gasteiger partial charge in [0.25, 0.3) is 5.91 Å². The standard InChI is InChI=1S/C14H19NO4/c1-10(2)15(8-7-13(17)18)14(19)12-5-3-11(9-16)4-6-12/h3-6,10,16H,7-9H2,1-2H3,(H,17,18). The molecule has 0 aromatic heterocycles. The summed E-state index contributed by atoms with van der Waals surface area (Å²) in [6, 6.07) is 6.59. The average Bonchev–Trinajstić information content (AvgIpc) is 2.38. The van der Waals surface area contributed by atoms with Crippen LogP contribution in [0.4, 0.5) is 0 Å². The van der Waals surface area contributed by atoms with Crippen LogP contribution in [0.3, 0.4) is 0 Å². The van der Waals surface area contributed by atoms with E-state index in [2.05, 4.69) is 0 Å². The van der Waals surface area contributed by atoms with Crippen molar-refractivity contribution in [3.8, 4) is 0 Å². The third-order valence-electron chi connectivity index (χ3n) is 2.83. The van der Waals surface area contributed by atoms with Gasteiger partial charge in [0.2, 0.25) is 0 Å². The van der Waals surface area contributed by atoms with E-state index < -0.39 is 5.97 Å². The summed E-state index contributed by atoms with van der Waals surface area (Å²) in [5.74, 6) is -1.12. The molecular formula is C14H19NO4. The molecule has 0 aliphatic carbocycles. The van der Waals surface area contributed by atoms with E-state index >= 15 is 0 Å². The number of nitrogens with zero attached hydrogens (tertiary/aromatic N) is 1. The van der Waals surface area contributed by atoms with Crippen LogP contribution in [0, 0.1) is 0 Å². The van der Waals surface area contributed by atoms with Gasteiger partial charge in [0, 0.05) is 18.2 Å². The van der Waals surface area contributed by atoms with E-state index in [-0.39, 0.29) is 31.5 Å². The summed E-state index contributed by atoms with van der Waals surface area (Å²) in [4.78, 5) is 24.4. The largest absolute Gasteiger partial charge is 0.481 e. The quantitative estimate of drug-likeness (QED) is 0.817. The van der Waals surface area contributed by atoms with Gasteiger partial charge in [0.05, 0.1) is 13.0 Å². The first-order chi connectivity index (χ1) is 8.95. The number of aliphatic hydroxyl groups is 1. The van der Waals surface area contributed by atoms with Crippen LogP contribution < -0.4 is 0 Å². The Morgan fingerprint density at radius 3 is 2.21 bits per heavy atom. The topological polar surface area (TPSA) is 77.8 Å². The highest BCUT2D eigenvalue weighted by Crippen LogP contribution is 2.11. The summed E-state index contributed by atoms with van der Waals surface area (Å²) in [5, 5.41) is 17.6. The summed E-state index contributed by atoms with van der Waals surface area (Å²) >= 11 is 0. The van der Waals surface area contributed by atoms with Gasteiger partial charge in [-0.3, -0.25) is 9.59 Å². The van der Waals surface area contributed by atoms with E-state index in [1.807, 2.05) is 13.8 Å². The zero-order chi connectivity index (χ0) is 14.4. The van der Waals surface area contributed by atoms with Crippen molar-refractivity contribution in [1.29, 1.82) is 0 Å². The highest BCUT2D eigenvalue weighted by Gasteiger charge is 2.19. The van der Waals surface area contributed by atoms with Crippen molar-refractivity contribution in [2.24, 2.45) is 0 Å². The third kappa shape index (κ3) is 4.37. The van der Waals surface area contributed by atoms with Gasteiger partial charge in [-0.25, -0.2) is 0 Å². The minimum absolute atomic E-state index is 0.0654. The molecule has 0 saturated heterocycles. The molecule has 104 valence electrons. The molecule has 1 amide bonds. The van der Waals surface area contributed by atoms with Crippen molar-refractivity contribution < 1.29 is 19.8 Å². The molecule has 1 aromatic carbocycles. The number of rotatable bonds is 6. The Balaban J connectivity index is 2.82. The summed E-state index contributed by atoms with van der Waals surface area (Å²) in [5.41, 5.74) is 1.23. The zero-order valence-corrected chi connectivity index (χ0v) is 11.2. The lowest BCUT2D eigenvalue weighted by Crippen LogP contribution is -2.38. The Bertz CT molecular complexity index is 439. The molecule has 0 bridgehead atoms. The van der Waals surface area contributed by atoms with E-state index in [1.165, 1.54) is 4.90 Å². The molecule has 0 heterocycles. The lowest BCUT2D eigenvalue weighted by atomic mass is 10.1. The second kappa shape index (κ2) is 6.89. The van der Waals surface area contributed by atoms with Gasteiger partial charge >= 0.3 is 5.97 Å². The number of carbonyl (C=O) groups is 2. The maximum absolute atomic E-state index is 12.3. The summed E-state index contributed by atoms with van der Waals surface area (Å²) < 4.78 is 0. The highest BCUT2D eigenvalue weighted by atomic mass is 16.4. The molecule has 5 nitrogen and oxygen atoms in total. The Morgan fingerprint density at radius 2 is 1.79 bits per heavy atom. The number of amides is 1. The molecule has 19 heavy (non-hydrogen) atoms. The van der Waals surface area contributed by atoms with Crippen LogP contribution in [0.25, 0.3) is 0 Å². The monoisotopic (exact) mass is 265 g/mol. The number of hydrogen-bond donors (Lipinski definition) is 2. The van der Waals surface area contributed by atoms with E-state index in [0.717, 1.165) is 5.56 Å². The normalized spacial score (nSPS) is 10.5. The van der Waals surface area contributed by atoms with E-state index in [0.29, 0.717) is 5.56 Å². The molecular weight excluding hydrogens is 246 g/mol. The number of carboxylic acids is 1. The minimum Gasteiger partial charge on any atom is -0.481 e. The van der Waals surface area contributed by atoms with Crippen molar-refractivity contribution in [1.82, 2.24) is 4.90 Å². The first-order valence-electron chi connectivity index (χ1n) is 6.18. The lowest BCUT2D eigenvalue weighted by Gasteiger charge is -2.26. The number of carboxylic acid groups (broad SMARTS) is 1. The highest BCUT2D eigenvalue weighted by molar-refractivity contribution is 5.94. The fraction of sp³-hybridized carbons (Fsp3) is 0.429. The van der Waals surface area contributed by atoms with Crippen molar-refractivity contribution in [3.05, 3.63) is 35.4 Å². The van der Waals surface area contributed by atoms with Crippen LogP contribution in [0.2, 0.25) is 0 Å². The predicted octanol–water partition coefficient (Wildman–Crippen LogP) is 1.50. The third-order valence-corrected chi connectivity index (χ3v) is 2.83. The van der Waals surface area contributed by atoms with Gasteiger partial charge in [0.15, 0.2) is 0 Å². The number of aliphatic hydroxyl groups excluding tert-OH is 1. The van der Waals surface area contributed by atoms with Crippen LogP contribution in [-0.2, 0) is 11.4 Å². The van der Waals surface area contributed by atoms with Crippen molar-refractivity contribution in [3.63, 3.8) is 0 Å². The van der Waals surface area contributed by atoms with Gasteiger partial charge < -0.3 is 15.1 Å². The molecule has 0 saturated carbocycles. The lowest BCUT2D eigenvalue weighted by molar-refractivity contribution is -0.137. The Labute approximate surface area is 112 Å². The van der Waals surface area contributed by atoms with Crippen LogP contribution in [0.5, 0.6) is 0 Å². The van der Waals surface area contributed by atoms with E-state index in [9.17, 15) is 9.59 Å². The molecule has 1 rings (SSSR count). The molecule has 0 aliphatic rings. The number of carbonyl (C=O) groups excluding carboxylic acids is 1. The number of aliphatic carboxylic acids is 1. The van der Waals surface area contributed by atoms with Crippen molar-refractivity contribution in [2.75, 3.05) is 6.54 Å². The van der Waals surface area contributed by atoms with Gasteiger partial charge in [-0.1, -0.05) is 12.1 Å². The molecule has 1 aromatic rings. The average molecular weight is 265 g/mol. The molecule has 5 heteroatoms. The maximum Gasteiger partial charge on any atom is 0.305 e. The zero-order valence-electron chi connectivity index (χ0n) is 11.2. The molecule has 2 N–H and O–H groups in total. The van der Waals surface area contributed by atoms with Crippen LogP contribution in [0.1, 0.15) is 36.2 Å². The number of benzene rings is 1. The smallest absolute Gasteiger partial charge is 0.305 e. The van der Waals surface area contributed by atoms with Gasteiger partial charge in [-0.05, 0) is 31.5 Å².